The Morgan fingerprint density at radius 2 is 1.75 bits per heavy atom. The molecule has 146 valence electrons. The lowest BCUT2D eigenvalue weighted by Gasteiger charge is -2.10. The minimum Gasteiger partial charge on any atom is -0.370 e. The summed E-state index contributed by atoms with van der Waals surface area (Å²) in [6.07, 6.45) is 0.591. The fraction of sp³-hybridized carbons (Fsp3) is 0.111. The minimum atomic E-state index is -2.12. The number of aromatic nitrogens is 2. The smallest absolute Gasteiger partial charge is 0.222 e. The average Bonchev–Trinajstić information content (AvgIpc) is 2.66. The van der Waals surface area contributed by atoms with Gasteiger partial charge in [-0.1, -0.05) is 12.1 Å². The first-order chi connectivity index (χ1) is 13.3. The van der Waals surface area contributed by atoms with Gasteiger partial charge in [0, 0.05) is 23.1 Å². The number of nitrogens with zero attached hydrogens (tertiary/aromatic N) is 2. The Balaban J connectivity index is 1.74. The van der Waals surface area contributed by atoms with Crippen LogP contribution in [0.15, 0.2) is 47.4 Å². The fourth-order valence-corrected chi connectivity index (χ4v) is 2.97. The average molecular weight is 407 g/mol. The maximum atomic E-state index is 14.0. The van der Waals surface area contributed by atoms with Crippen LogP contribution in [0.4, 0.5) is 24.9 Å². The first kappa shape index (κ1) is 19.6. The van der Waals surface area contributed by atoms with E-state index in [4.69, 9.17) is 10.5 Å². The molecule has 0 radical (unpaired) electrons. The van der Waals surface area contributed by atoms with Gasteiger partial charge >= 0.3 is 0 Å². The molecule has 28 heavy (non-hydrogen) atoms. The molecule has 0 aliphatic rings. The first-order valence-corrected chi connectivity index (χ1v) is 9.41. The normalized spacial score (nSPS) is 12.0. The highest BCUT2D eigenvalue weighted by Gasteiger charge is 2.16. The van der Waals surface area contributed by atoms with Gasteiger partial charge in [0.05, 0.1) is 16.3 Å². The highest BCUT2D eigenvalue weighted by atomic mass is 32.2. The predicted octanol–water partition coefficient (Wildman–Crippen LogP) is 3.40. The fourth-order valence-electron chi connectivity index (χ4n) is 2.55. The molecule has 10 heteroatoms. The molecule has 1 unspecified atom stereocenters. The Bertz CT molecular complexity index is 1080. The molecule has 1 atom stereocenters. The zero-order valence-corrected chi connectivity index (χ0v) is 15.3. The number of hydrogen-bond acceptors (Lipinski definition) is 6. The van der Waals surface area contributed by atoms with Crippen molar-refractivity contribution in [2.45, 2.75) is 11.3 Å². The van der Waals surface area contributed by atoms with Crippen LogP contribution in [0.2, 0.25) is 0 Å². The standard InChI is InChI=1S/C18H16F3N5OS/c19-13-6-5-12(16(20)17(13)21)14-9-15(26-18(22)25-14)24-8-7-10-1-3-11(4-2-10)28(23)27/h1-6,9,23,28H,7-8H2,(H3,22,24,25,26). The highest BCUT2D eigenvalue weighted by Crippen LogP contribution is 2.26. The summed E-state index contributed by atoms with van der Waals surface area (Å²) in [6.45, 7) is 0.447. The molecule has 0 bridgehead atoms. The second-order valence-electron chi connectivity index (χ2n) is 5.86. The van der Waals surface area contributed by atoms with Gasteiger partial charge in [-0.05, 0) is 36.2 Å². The summed E-state index contributed by atoms with van der Waals surface area (Å²) in [4.78, 5) is 8.33. The van der Waals surface area contributed by atoms with Crippen molar-refractivity contribution >= 4 is 22.4 Å². The minimum absolute atomic E-state index is 0.0231. The van der Waals surface area contributed by atoms with Crippen molar-refractivity contribution in [3.8, 4) is 11.3 Å². The number of rotatable bonds is 6. The van der Waals surface area contributed by atoms with Crippen LogP contribution in [0.5, 0.6) is 0 Å². The second kappa shape index (κ2) is 8.26. The van der Waals surface area contributed by atoms with Crippen LogP contribution in [0.3, 0.4) is 0 Å². The third kappa shape index (κ3) is 4.39. The van der Waals surface area contributed by atoms with Crippen molar-refractivity contribution in [3.63, 3.8) is 0 Å². The molecule has 4 N–H and O–H groups in total. The van der Waals surface area contributed by atoms with Crippen LogP contribution in [0, 0.1) is 22.2 Å². The topological polar surface area (TPSA) is 105 Å². The van der Waals surface area contributed by atoms with Crippen molar-refractivity contribution in [2.75, 3.05) is 17.6 Å². The van der Waals surface area contributed by atoms with E-state index in [0.29, 0.717) is 23.7 Å². The predicted molar refractivity (Wildman–Crippen MR) is 101 cm³/mol. The van der Waals surface area contributed by atoms with E-state index in [1.807, 2.05) is 0 Å². The summed E-state index contributed by atoms with van der Waals surface area (Å²) in [5.74, 6) is -4.06. The lowest BCUT2D eigenvalue weighted by molar-refractivity contribution is 0.449. The molecular formula is C18H16F3N5OS. The summed E-state index contributed by atoms with van der Waals surface area (Å²) in [7, 11) is -2.12. The van der Waals surface area contributed by atoms with Crippen LogP contribution >= 0.6 is 0 Å². The lowest BCUT2D eigenvalue weighted by Crippen LogP contribution is -2.09. The summed E-state index contributed by atoms with van der Waals surface area (Å²) >= 11 is 0. The molecule has 1 aromatic heterocycles. The van der Waals surface area contributed by atoms with Crippen molar-refractivity contribution in [1.82, 2.24) is 9.97 Å². The maximum absolute atomic E-state index is 14.0. The lowest BCUT2D eigenvalue weighted by atomic mass is 10.1. The first-order valence-electron chi connectivity index (χ1n) is 8.15. The number of nitrogens with two attached hydrogens (primary N) is 1. The van der Waals surface area contributed by atoms with Crippen molar-refractivity contribution in [1.29, 1.82) is 4.78 Å². The monoisotopic (exact) mass is 407 g/mol. The Morgan fingerprint density at radius 3 is 2.43 bits per heavy atom. The van der Waals surface area contributed by atoms with E-state index < -0.39 is 28.0 Å². The number of hydrogen-bond donors (Lipinski definition) is 4. The Morgan fingerprint density at radius 1 is 1.04 bits per heavy atom. The van der Waals surface area contributed by atoms with Gasteiger partial charge in [-0.3, -0.25) is 4.78 Å². The molecule has 3 rings (SSSR count). The second-order valence-corrected chi connectivity index (χ2v) is 6.96. The maximum Gasteiger partial charge on any atom is 0.222 e. The highest BCUT2D eigenvalue weighted by molar-refractivity contribution is 7.73. The van der Waals surface area contributed by atoms with Gasteiger partial charge < -0.3 is 11.1 Å². The molecule has 0 saturated carbocycles. The van der Waals surface area contributed by atoms with Gasteiger partial charge in [0.2, 0.25) is 5.95 Å². The van der Waals surface area contributed by atoms with Gasteiger partial charge in [-0.15, -0.1) is 0 Å². The number of nitrogens with one attached hydrogen (secondary N) is 2. The zero-order chi connectivity index (χ0) is 20.3. The summed E-state index contributed by atoms with van der Waals surface area (Å²) in [5, 5.41) is 3.01. The third-order valence-electron chi connectivity index (χ3n) is 3.95. The molecule has 0 spiro atoms. The molecule has 2 aromatic carbocycles. The number of halogens is 3. The van der Waals surface area contributed by atoms with Gasteiger partial charge in [0.1, 0.15) is 5.82 Å². The summed E-state index contributed by atoms with van der Waals surface area (Å²) in [5.41, 5.74) is 6.39. The summed E-state index contributed by atoms with van der Waals surface area (Å²) < 4.78 is 58.9. The van der Waals surface area contributed by atoms with E-state index in [2.05, 4.69) is 15.3 Å². The van der Waals surface area contributed by atoms with E-state index in [1.54, 1.807) is 24.3 Å². The zero-order valence-electron chi connectivity index (χ0n) is 14.4. The van der Waals surface area contributed by atoms with E-state index in [-0.39, 0.29) is 17.2 Å². The van der Waals surface area contributed by atoms with Crippen LogP contribution in [0.1, 0.15) is 5.56 Å². The van der Waals surface area contributed by atoms with Crippen molar-refractivity contribution in [2.24, 2.45) is 0 Å². The molecule has 3 aromatic rings. The van der Waals surface area contributed by atoms with Crippen molar-refractivity contribution in [3.05, 3.63) is 65.5 Å². The Hall–Kier alpha value is -3.14. The van der Waals surface area contributed by atoms with Crippen molar-refractivity contribution < 1.29 is 17.4 Å². The number of nitrogen functional groups attached to an aromatic ring is 1. The van der Waals surface area contributed by atoms with Crippen LogP contribution < -0.4 is 11.1 Å². The van der Waals surface area contributed by atoms with Crippen LogP contribution in [0.25, 0.3) is 11.3 Å². The SMILES string of the molecule is N=[SH](=O)c1ccc(CCNc2cc(-c3ccc(F)c(F)c3F)nc(N)n2)cc1. The van der Waals surface area contributed by atoms with E-state index in [0.717, 1.165) is 17.7 Å². The van der Waals surface area contributed by atoms with Crippen LogP contribution in [-0.2, 0) is 17.0 Å². The van der Waals surface area contributed by atoms with Gasteiger partial charge in [-0.2, -0.15) is 4.98 Å². The molecule has 0 amide bonds. The molecule has 0 fully saturated rings. The van der Waals surface area contributed by atoms with Gasteiger partial charge in [-0.25, -0.2) is 22.4 Å². The third-order valence-corrected chi connectivity index (χ3v) is 4.71. The Kier molecular flexibility index (Phi) is 5.78. The summed E-state index contributed by atoms with van der Waals surface area (Å²) in [6, 6.07) is 10.1. The number of benzene rings is 2. The Labute approximate surface area is 160 Å². The van der Waals surface area contributed by atoms with Gasteiger partial charge in [0.15, 0.2) is 17.5 Å². The molecule has 6 nitrogen and oxygen atoms in total. The van der Waals surface area contributed by atoms with Gasteiger partial charge in [0.25, 0.3) is 0 Å². The molecule has 0 saturated heterocycles. The largest absolute Gasteiger partial charge is 0.370 e. The van der Waals surface area contributed by atoms with Crippen LogP contribution in [-0.4, -0.2) is 20.7 Å². The molecule has 0 aliphatic carbocycles. The number of thiol groups is 1. The number of anilines is 2. The van der Waals surface area contributed by atoms with E-state index in [9.17, 15) is 17.4 Å². The van der Waals surface area contributed by atoms with E-state index in [1.165, 1.54) is 6.07 Å². The molecule has 0 aliphatic heterocycles. The molecule has 1 heterocycles. The van der Waals surface area contributed by atoms with E-state index >= 15 is 0 Å². The quantitative estimate of drug-likeness (QED) is 0.370. The molecular weight excluding hydrogens is 391 g/mol.